The number of fused-ring (bicyclic) bond motifs is 3. The monoisotopic (exact) mass is 294 g/mol. The summed E-state index contributed by atoms with van der Waals surface area (Å²) in [4.78, 5) is 3.94. The first kappa shape index (κ1) is 14.2. The van der Waals surface area contributed by atoms with Crippen LogP contribution in [0.4, 0.5) is 18.9 Å². The van der Waals surface area contributed by atoms with Gasteiger partial charge in [-0.25, -0.2) is 4.98 Å². The molecule has 21 heavy (non-hydrogen) atoms. The van der Waals surface area contributed by atoms with Gasteiger partial charge in [-0.1, -0.05) is 12.1 Å². The maximum atomic E-state index is 13.1. The van der Waals surface area contributed by atoms with Gasteiger partial charge in [0.1, 0.15) is 5.69 Å². The fraction of sp³-hybridized carbons (Fsp3) is 0.438. The average Bonchev–Trinajstić information content (AvgIpc) is 2.46. The topological polar surface area (TPSA) is 24.9 Å². The lowest BCUT2D eigenvalue weighted by atomic mass is 9.89. The summed E-state index contributed by atoms with van der Waals surface area (Å²) in [6, 6.07) is 5.04. The number of nitrogens with zero attached hydrogens (tertiary/aromatic N) is 1. The Morgan fingerprint density at radius 1 is 1.19 bits per heavy atom. The van der Waals surface area contributed by atoms with E-state index in [0.29, 0.717) is 17.7 Å². The molecule has 0 bridgehead atoms. The smallest absolute Gasteiger partial charge is 0.385 e. The number of hydrogen-bond acceptors (Lipinski definition) is 2. The third-order valence-electron chi connectivity index (χ3n) is 3.96. The molecule has 112 valence electrons. The second kappa shape index (κ2) is 5.20. The van der Waals surface area contributed by atoms with Crippen LogP contribution < -0.4 is 5.32 Å². The van der Waals surface area contributed by atoms with E-state index >= 15 is 0 Å². The number of aryl methyl sites for hydroxylation is 2. The van der Waals surface area contributed by atoms with Gasteiger partial charge < -0.3 is 5.32 Å². The zero-order valence-corrected chi connectivity index (χ0v) is 11.8. The van der Waals surface area contributed by atoms with E-state index in [4.69, 9.17) is 0 Å². The minimum atomic E-state index is -4.42. The number of benzene rings is 1. The van der Waals surface area contributed by atoms with Crippen molar-refractivity contribution in [3.8, 4) is 0 Å². The van der Waals surface area contributed by atoms with Crippen molar-refractivity contribution >= 4 is 16.6 Å². The summed E-state index contributed by atoms with van der Waals surface area (Å²) in [6.45, 7) is 2.45. The molecule has 1 aromatic carbocycles. The number of pyridine rings is 1. The molecule has 0 amide bonds. The highest BCUT2D eigenvalue weighted by molar-refractivity contribution is 5.94. The van der Waals surface area contributed by atoms with Gasteiger partial charge in [0, 0.05) is 17.6 Å². The molecule has 2 aromatic rings. The number of hydrogen-bond donors (Lipinski definition) is 1. The first-order valence-corrected chi connectivity index (χ1v) is 7.27. The zero-order chi connectivity index (χ0) is 15.0. The molecule has 1 N–H and O–H groups in total. The molecule has 0 saturated heterocycles. The van der Waals surface area contributed by atoms with E-state index in [2.05, 4.69) is 10.3 Å². The van der Waals surface area contributed by atoms with Crippen LogP contribution in [0.3, 0.4) is 0 Å². The molecule has 2 nitrogen and oxygen atoms in total. The van der Waals surface area contributed by atoms with Gasteiger partial charge in [-0.05, 0) is 49.8 Å². The highest BCUT2D eigenvalue weighted by Crippen LogP contribution is 2.36. The molecule has 0 spiro atoms. The molecular formula is C16H17F3N2. The largest absolute Gasteiger partial charge is 0.433 e. The molecule has 0 radical (unpaired) electrons. The van der Waals surface area contributed by atoms with Gasteiger partial charge >= 0.3 is 6.18 Å². The zero-order valence-electron chi connectivity index (χ0n) is 11.8. The van der Waals surface area contributed by atoms with Gasteiger partial charge in [0.25, 0.3) is 0 Å². The van der Waals surface area contributed by atoms with Crippen molar-refractivity contribution in [2.45, 2.75) is 38.8 Å². The van der Waals surface area contributed by atoms with E-state index in [1.165, 1.54) is 0 Å². The Morgan fingerprint density at radius 3 is 2.67 bits per heavy atom. The molecule has 0 aliphatic heterocycles. The number of halogens is 3. The Morgan fingerprint density at radius 2 is 1.95 bits per heavy atom. The molecule has 1 aliphatic carbocycles. The van der Waals surface area contributed by atoms with Gasteiger partial charge in [-0.3, -0.25) is 0 Å². The minimum absolute atomic E-state index is 0.512. The van der Waals surface area contributed by atoms with Crippen LogP contribution in [-0.2, 0) is 19.0 Å². The second-order valence-electron chi connectivity index (χ2n) is 5.39. The molecule has 0 unspecified atom stereocenters. The fourth-order valence-electron chi connectivity index (χ4n) is 3.00. The van der Waals surface area contributed by atoms with Crippen molar-refractivity contribution in [1.82, 2.24) is 4.98 Å². The van der Waals surface area contributed by atoms with Crippen LogP contribution in [0.2, 0.25) is 0 Å². The van der Waals surface area contributed by atoms with Gasteiger partial charge in [0.2, 0.25) is 0 Å². The van der Waals surface area contributed by atoms with Crippen LogP contribution >= 0.6 is 0 Å². The Balaban J connectivity index is 2.29. The summed E-state index contributed by atoms with van der Waals surface area (Å²) in [5.41, 5.74) is 2.35. The molecule has 5 heteroatoms. The molecule has 1 aromatic heterocycles. The maximum absolute atomic E-state index is 13.1. The fourth-order valence-corrected chi connectivity index (χ4v) is 3.00. The minimum Gasteiger partial charge on any atom is -0.385 e. The summed E-state index contributed by atoms with van der Waals surface area (Å²) >= 11 is 0. The normalized spacial score (nSPS) is 15.0. The first-order valence-electron chi connectivity index (χ1n) is 7.27. The second-order valence-corrected chi connectivity index (χ2v) is 5.39. The molecule has 1 heterocycles. The van der Waals surface area contributed by atoms with Crippen molar-refractivity contribution in [3.05, 3.63) is 35.0 Å². The SMILES string of the molecule is CCNc1cc(C(F)(F)F)nc2c3c(ccc12)CCCC3. The standard InChI is InChI=1S/C16H17F3N2/c1-2-20-13-9-14(16(17,18)19)21-15-11-6-4-3-5-10(11)7-8-12(13)15/h7-9H,2-6H2,1H3,(H,20,21). The Hall–Kier alpha value is -1.78. The summed E-state index contributed by atoms with van der Waals surface area (Å²) < 4.78 is 39.2. The number of aromatic nitrogens is 1. The lowest BCUT2D eigenvalue weighted by Crippen LogP contribution is -2.12. The number of alkyl halides is 3. The molecular weight excluding hydrogens is 277 g/mol. The van der Waals surface area contributed by atoms with Gasteiger partial charge in [-0.2, -0.15) is 13.2 Å². The van der Waals surface area contributed by atoms with E-state index < -0.39 is 11.9 Å². The number of rotatable bonds is 2. The van der Waals surface area contributed by atoms with Crippen LogP contribution in [0, 0.1) is 0 Å². The van der Waals surface area contributed by atoms with Crippen LogP contribution in [0.1, 0.15) is 36.6 Å². The van der Waals surface area contributed by atoms with Crippen molar-refractivity contribution < 1.29 is 13.2 Å². The molecule has 0 fully saturated rings. The van der Waals surface area contributed by atoms with Gasteiger partial charge in [0.15, 0.2) is 0 Å². The summed E-state index contributed by atoms with van der Waals surface area (Å²) in [5, 5.41) is 3.81. The lowest BCUT2D eigenvalue weighted by molar-refractivity contribution is -0.140. The summed E-state index contributed by atoms with van der Waals surface area (Å²) in [7, 11) is 0. The number of anilines is 1. The van der Waals surface area contributed by atoms with E-state index in [1.807, 2.05) is 19.1 Å². The Labute approximate surface area is 121 Å². The first-order chi connectivity index (χ1) is 10.0. The van der Waals surface area contributed by atoms with Crippen molar-refractivity contribution in [1.29, 1.82) is 0 Å². The van der Waals surface area contributed by atoms with Crippen molar-refractivity contribution in [2.75, 3.05) is 11.9 Å². The summed E-state index contributed by atoms with van der Waals surface area (Å²) in [6.07, 6.45) is -0.569. The van der Waals surface area contributed by atoms with Crippen molar-refractivity contribution in [3.63, 3.8) is 0 Å². The van der Waals surface area contributed by atoms with Gasteiger partial charge in [0.05, 0.1) is 5.52 Å². The lowest BCUT2D eigenvalue weighted by Gasteiger charge is -2.20. The third kappa shape index (κ3) is 2.57. The van der Waals surface area contributed by atoms with E-state index in [1.54, 1.807) is 0 Å². The quantitative estimate of drug-likeness (QED) is 0.878. The predicted molar refractivity (Wildman–Crippen MR) is 77.6 cm³/mol. The van der Waals surface area contributed by atoms with Crippen LogP contribution in [-0.4, -0.2) is 11.5 Å². The molecule has 0 saturated carbocycles. The molecule has 3 rings (SSSR count). The predicted octanol–water partition coefficient (Wildman–Crippen LogP) is 4.56. The average molecular weight is 294 g/mol. The Kier molecular flexibility index (Phi) is 3.51. The van der Waals surface area contributed by atoms with E-state index in [0.717, 1.165) is 48.3 Å². The molecule has 0 atom stereocenters. The van der Waals surface area contributed by atoms with Crippen LogP contribution in [0.25, 0.3) is 10.9 Å². The van der Waals surface area contributed by atoms with Gasteiger partial charge in [-0.15, -0.1) is 0 Å². The summed E-state index contributed by atoms with van der Waals surface area (Å²) in [5.74, 6) is 0. The maximum Gasteiger partial charge on any atom is 0.433 e. The molecule has 1 aliphatic rings. The van der Waals surface area contributed by atoms with E-state index in [9.17, 15) is 13.2 Å². The van der Waals surface area contributed by atoms with E-state index in [-0.39, 0.29) is 0 Å². The van der Waals surface area contributed by atoms with Crippen LogP contribution in [0.5, 0.6) is 0 Å². The highest BCUT2D eigenvalue weighted by Gasteiger charge is 2.34. The highest BCUT2D eigenvalue weighted by atomic mass is 19.4. The third-order valence-corrected chi connectivity index (χ3v) is 3.96. The van der Waals surface area contributed by atoms with Crippen molar-refractivity contribution in [2.24, 2.45) is 0 Å². The van der Waals surface area contributed by atoms with Crippen LogP contribution in [0.15, 0.2) is 18.2 Å². The number of nitrogens with one attached hydrogen (secondary N) is 1. The Bertz CT molecular complexity index is 677.